The van der Waals surface area contributed by atoms with Gasteiger partial charge in [0.2, 0.25) is 0 Å². The Bertz CT molecular complexity index is 1440. The van der Waals surface area contributed by atoms with E-state index in [9.17, 15) is 14.3 Å². The van der Waals surface area contributed by atoms with Gasteiger partial charge in [-0.2, -0.15) is 11.3 Å². The quantitative estimate of drug-likeness (QED) is 0.261. The van der Waals surface area contributed by atoms with Gasteiger partial charge in [-0.05, 0) is 94.9 Å². The molecule has 0 spiro atoms. The molecular weight excluding hydrogens is 519 g/mol. The van der Waals surface area contributed by atoms with Crippen molar-refractivity contribution in [1.82, 2.24) is 9.80 Å². The van der Waals surface area contributed by atoms with Gasteiger partial charge >= 0.3 is 0 Å². The number of piperidine rings is 1. The highest BCUT2D eigenvalue weighted by molar-refractivity contribution is 7.08. The Morgan fingerprint density at radius 1 is 1.00 bits per heavy atom. The third-order valence-electron chi connectivity index (χ3n) is 9.00. The predicted molar refractivity (Wildman–Crippen MR) is 160 cm³/mol. The molecule has 2 saturated heterocycles. The maximum atomic E-state index is 13.8. The largest absolute Gasteiger partial charge is 0.390 e. The molecule has 0 aliphatic carbocycles. The topological polar surface area (TPSA) is 43.8 Å². The fourth-order valence-electron chi connectivity index (χ4n) is 6.72. The Balaban J connectivity index is 1.08. The number of fused-ring (bicyclic) bond motifs is 1. The standard InChI is InChI=1S/C34H37FN2O2S/c35-29-10-3-6-25(20-29)7-5-14-34(39)15-17-36(18-16-34)21-28-22-37(23-32(28)27-13-19-40-24-27)33(38)31-12-4-9-26-8-1-2-11-30(26)31/h1-4,6,8-13,19-20,24,28,32,39H,5,7,14-18,21-23H2. The van der Waals surface area contributed by atoms with E-state index in [1.807, 2.05) is 36.4 Å². The average Bonchev–Trinajstić information content (AvgIpc) is 3.64. The molecule has 40 heavy (non-hydrogen) atoms. The van der Waals surface area contributed by atoms with E-state index in [0.29, 0.717) is 11.8 Å². The molecule has 3 aromatic carbocycles. The van der Waals surface area contributed by atoms with Crippen LogP contribution in [-0.4, -0.2) is 59.1 Å². The first-order chi connectivity index (χ1) is 19.5. The third kappa shape index (κ3) is 5.99. The maximum absolute atomic E-state index is 13.8. The lowest BCUT2D eigenvalue weighted by molar-refractivity contribution is -0.0315. The van der Waals surface area contributed by atoms with Crippen LogP contribution in [0.25, 0.3) is 10.8 Å². The number of amides is 1. The molecule has 6 heteroatoms. The third-order valence-corrected chi connectivity index (χ3v) is 9.70. The summed E-state index contributed by atoms with van der Waals surface area (Å²) in [5.41, 5.74) is 2.45. The molecule has 208 valence electrons. The summed E-state index contributed by atoms with van der Waals surface area (Å²) in [5.74, 6) is 0.588. The van der Waals surface area contributed by atoms with E-state index in [4.69, 9.17) is 0 Å². The summed E-state index contributed by atoms with van der Waals surface area (Å²) >= 11 is 1.72. The fourth-order valence-corrected chi connectivity index (χ4v) is 7.44. The smallest absolute Gasteiger partial charge is 0.254 e. The van der Waals surface area contributed by atoms with Crippen molar-refractivity contribution < 1.29 is 14.3 Å². The molecule has 1 aromatic heterocycles. The van der Waals surface area contributed by atoms with Gasteiger partial charge in [0.15, 0.2) is 0 Å². The number of carbonyl (C=O) groups is 1. The van der Waals surface area contributed by atoms with Crippen molar-refractivity contribution in [2.24, 2.45) is 5.92 Å². The maximum Gasteiger partial charge on any atom is 0.254 e. The number of halogens is 1. The molecule has 0 saturated carbocycles. The second-order valence-corrected chi connectivity index (χ2v) is 12.4. The van der Waals surface area contributed by atoms with Crippen LogP contribution in [0.15, 0.2) is 83.6 Å². The predicted octanol–water partition coefficient (Wildman–Crippen LogP) is 6.75. The molecule has 2 aliphatic rings. The zero-order valence-corrected chi connectivity index (χ0v) is 23.7. The second-order valence-electron chi connectivity index (χ2n) is 11.7. The van der Waals surface area contributed by atoms with Crippen molar-refractivity contribution >= 4 is 28.0 Å². The number of hydrogen-bond donors (Lipinski definition) is 1. The van der Waals surface area contributed by atoms with Crippen molar-refractivity contribution in [3.05, 3.63) is 106 Å². The fraction of sp³-hybridized carbons (Fsp3) is 0.382. The van der Waals surface area contributed by atoms with Crippen molar-refractivity contribution in [1.29, 1.82) is 0 Å². The molecular formula is C34H37FN2O2S. The Morgan fingerprint density at radius 3 is 2.60 bits per heavy atom. The van der Waals surface area contributed by atoms with E-state index in [1.54, 1.807) is 23.5 Å². The highest BCUT2D eigenvalue weighted by atomic mass is 32.1. The normalized spacial score (nSPS) is 21.2. The van der Waals surface area contributed by atoms with Crippen LogP contribution in [-0.2, 0) is 6.42 Å². The van der Waals surface area contributed by atoms with Crippen LogP contribution < -0.4 is 0 Å². The van der Waals surface area contributed by atoms with Crippen LogP contribution in [0.1, 0.15) is 53.1 Å². The van der Waals surface area contributed by atoms with Gasteiger partial charge in [-0.1, -0.05) is 48.5 Å². The lowest BCUT2D eigenvalue weighted by atomic mass is 9.84. The number of aliphatic hydroxyl groups is 1. The highest BCUT2D eigenvalue weighted by Gasteiger charge is 2.39. The van der Waals surface area contributed by atoms with E-state index in [-0.39, 0.29) is 11.7 Å². The van der Waals surface area contributed by atoms with E-state index in [2.05, 4.69) is 38.8 Å². The monoisotopic (exact) mass is 556 g/mol. The molecule has 1 N–H and O–H groups in total. The minimum Gasteiger partial charge on any atom is -0.390 e. The average molecular weight is 557 g/mol. The molecule has 1 amide bonds. The van der Waals surface area contributed by atoms with Gasteiger partial charge in [0.05, 0.1) is 5.60 Å². The van der Waals surface area contributed by atoms with E-state index >= 15 is 0 Å². The minimum absolute atomic E-state index is 0.117. The minimum atomic E-state index is -0.650. The number of nitrogens with zero attached hydrogens (tertiary/aromatic N) is 2. The zero-order valence-electron chi connectivity index (χ0n) is 22.8. The summed E-state index contributed by atoms with van der Waals surface area (Å²) in [6.45, 7) is 4.14. The summed E-state index contributed by atoms with van der Waals surface area (Å²) in [4.78, 5) is 18.3. The molecule has 0 bridgehead atoms. The lowest BCUT2D eigenvalue weighted by Crippen LogP contribution is -2.46. The van der Waals surface area contributed by atoms with E-state index < -0.39 is 5.60 Å². The van der Waals surface area contributed by atoms with Gasteiger partial charge in [0.25, 0.3) is 5.91 Å². The zero-order chi connectivity index (χ0) is 27.5. The Kier molecular flexibility index (Phi) is 8.01. The van der Waals surface area contributed by atoms with Gasteiger partial charge in [-0.3, -0.25) is 4.79 Å². The molecule has 0 radical (unpaired) electrons. The van der Waals surface area contributed by atoms with Crippen molar-refractivity contribution in [3.63, 3.8) is 0 Å². The van der Waals surface area contributed by atoms with Gasteiger partial charge in [-0.25, -0.2) is 4.39 Å². The van der Waals surface area contributed by atoms with Crippen LogP contribution in [0, 0.1) is 11.7 Å². The number of aryl methyl sites for hydroxylation is 1. The van der Waals surface area contributed by atoms with Crippen molar-refractivity contribution in [2.45, 2.75) is 43.6 Å². The number of hydrogen-bond acceptors (Lipinski definition) is 4. The Hall–Kier alpha value is -3.06. The van der Waals surface area contributed by atoms with Crippen LogP contribution in [0.4, 0.5) is 4.39 Å². The summed E-state index contributed by atoms with van der Waals surface area (Å²) < 4.78 is 13.5. The van der Waals surface area contributed by atoms with E-state index in [0.717, 1.165) is 86.7 Å². The molecule has 2 unspecified atom stereocenters. The molecule has 2 atom stereocenters. The molecule has 2 aliphatic heterocycles. The summed E-state index contributed by atoms with van der Waals surface area (Å²) in [6.07, 6.45) is 3.89. The van der Waals surface area contributed by atoms with Gasteiger partial charge < -0.3 is 14.9 Å². The SMILES string of the molecule is O=C(c1cccc2ccccc12)N1CC(CN2CCC(O)(CCCc3cccc(F)c3)CC2)C(c2ccsc2)C1. The Morgan fingerprint density at radius 2 is 1.80 bits per heavy atom. The van der Waals surface area contributed by atoms with Crippen LogP contribution in [0.3, 0.4) is 0 Å². The molecule has 2 fully saturated rings. The number of rotatable bonds is 8. The number of thiophene rings is 1. The first-order valence-corrected chi connectivity index (χ1v) is 15.4. The molecule has 4 nitrogen and oxygen atoms in total. The summed E-state index contributed by atoms with van der Waals surface area (Å²) in [7, 11) is 0. The lowest BCUT2D eigenvalue weighted by Gasteiger charge is -2.39. The second kappa shape index (κ2) is 11.8. The van der Waals surface area contributed by atoms with Crippen molar-refractivity contribution in [2.75, 3.05) is 32.7 Å². The molecule has 6 rings (SSSR count). The Labute approximate surface area is 240 Å². The van der Waals surface area contributed by atoms with Crippen LogP contribution >= 0.6 is 11.3 Å². The van der Waals surface area contributed by atoms with Crippen molar-refractivity contribution in [3.8, 4) is 0 Å². The molecule has 4 aromatic rings. The number of benzene rings is 3. The number of carbonyl (C=O) groups excluding carboxylic acids is 1. The number of likely N-dealkylation sites (tertiary alicyclic amines) is 2. The first kappa shape index (κ1) is 27.1. The summed E-state index contributed by atoms with van der Waals surface area (Å²) in [5, 5.41) is 17.7. The van der Waals surface area contributed by atoms with Gasteiger partial charge in [-0.15, -0.1) is 0 Å². The summed E-state index contributed by atoms with van der Waals surface area (Å²) in [6, 6.07) is 23.1. The van der Waals surface area contributed by atoms with Gasteiger partial charge in [0.1, 0.15) is 5.82 Å². The van der Waals surface area contributed by atoms with Crippen LogP contribution in [0.5, 0.6) is 0 Å². The molecule has 3 heterocycles. The van der Waals surface area contributed by atoms with Crippen LogP contribution in [0.2, 0.25) is 0 Å². The first-order valence-electron chi connectivity index (χ1n) is 14.5. The van der Waals surface area contributed by atoms with Gasteiger partial charge in [0, 0.05) is 44.2 Å². The highest BCUT2D eigenvalue weighted by Crippen LogP contribution is 2.37. The van der Waals surface area contributed by atoms with E-state index in [1.165, 1.54) is 11.6 Å².